The summed E-state index contributed by atoms with van der Waals surface area (Å²) in [4.78, 5) is 9.17. The molecule has 2 unspecified atom stereocenters. The van der Waals surface area contributed by atoms with Crippen molar-refractivity contribution in [1.82, 2.24) is 0 Å². The summed E-state index contributed by atoms with van der Waals surface area (Å²) in [5.74, 6) is 2.38. The van der Waals surface area contributed by atoms with Crippen molar-refractivity contribution in [3.63, 3.8) is 0 Å². The third kappa shape index (κ3) is 1.16. The Balaban J connectivity index is 2.89. The van der Waals surface area contributed by atoms with Crippen LogP contribution in [0.25, 0.3) is 0 Å². The summed E-state index contributed by atoms with van der Waals surface area (Å²) < 4.78 is 11.1. The molecule has 1 heterocycles. The molecule has 0 radical (unpaired) electrons. The van der Waals surface area contributed by atoms with Crippen molar-refractivity contribution in [2.24, 2.45) is 0 Å². The highest BCUT2D eigenvalue weighted by Gasteiger charge is 2.31. The van der Waals surface area contributed by atoms with Crippen molar-refractivity contribution in [3.8, 4) is 12.3 Å². The third-order valence-corrected chi connectivity index (χ3v) is 3.88. The van der Waals surface area contributed by atoms with Gasteiger partial charge in [-0.25, -0.2) is 0 Å². The Bertz CT molecular complexity index is 259. The Morgan fingerprint density at radius 2 is 2.60 bits per heavy atom. The summed E-state index contributed by atoms with van der Waals surface area (Å²) in [6, 6.07) is 0. The van der Waals surface area contributed by atoms with Gasteiger partial charge in [0.1, 0.15) is 0 Å². The molecule has 0 saturated carbocycles. The van der Waals surface area contributed by atoms with Crippen LogP contribution in [0.1, 0.15) is 6.92 Å². The molecule has 0 aromatic rings. The number of allylic oxidation sites excluding steroid dienone is 2. The molecule has 0 fully saturated rings. The molecule has 0 aromatic carbocycles. The summed E-state index contributed by atoms with van der Waals surface area (Å²) in [6.45, 7) is 1.71. The van der Waals surface area contributed by atoms with E-state index in [0.717, 1.165) is 0 Å². The maximum absolute atomic E-state index is 11.1. The monoisotopic (exact) mass is 156 g/mol. The lowest BCUT2D eigenvalue weighted by Gasteiger charge is -2.06. The van der Waals surface area contributed by atoms with Crippen LogP contribution in [0.5, 0.6) is 0 Å². The van der Waals surface area contributed by atoms with E-state index in [4.69, 9.17) is 6.42 Å². The van der Waals surface area contributed by atoms with E-state index in [1.54, 1.807) is 13.0 Å². The highest BCUT2D eigenvalue weighted by molar-refractivity contribution is 7.59. The van der Waals surface area contributed by atoms with Crippen molar-refractivity contribution in [2.75, 3.05) is 6.16 Å². The second kappa shape index (κ2) is 2.27. The molecule has 1 N–H and O–H groups in total. The fourth-order valence-corrected chi connectivity index (χ4v) is 2.33. The standard InChI is InChI=1S/C7H9O2P/c1-3-7-4-6(2)10(8,9)5-7/h1,4,6H,5H2,2H3,(H,8,9). The number of terminal acetylenes is 1. The van der Waals surface area contributed by atoms with Gasteiger partial charge in [0, 0.05) is 5.57 Å². The summed E-state index contributed by atoms with van der Waals surface area (Å²) in [6.07, 6.45) is 6.95. The van der Waals surface area contributed by atoms with Gasteiger partial charge in [-0.05, 0) is 6.92 Å². The minimum atomic E-state index is -2.94. The van der Waals surface area contributed by atoms with Gasteiger partial charge in [-0.1, -0.05) is 12.0 Å². The predicted octanol–water partition coefficient (Wildman–Crippen LogP) is 1.22. The lowest BCUT2D eigenvalue weighted by Crippen LogP contribution is -1.93. The van der Waals surface area contributed by atoms with E-state index in [1.807, 2.05) is 0 Å². The summed E-state index contributed by atoms with van der Waals surface area (Å²) in [5.41, 5.74) is 0.414. The zero-order valence-corrected chi connectivity index (χ0v) is 6.64. The molecule has 0 bridgehead atoms. The first-order valence-electron chi connectivity index (χ1n) is 3.05. The molecule has 54 valence electrons. The first-order chi connectivity index (χ1) is 4.56. The Labute approximate surface area is 60.4 Å². The van der Waals surface area contributed by atoms with Gasteiger partial charge in [-0.2, -0.15) is 0 Å². The van der Waals surface area contributed by atoms with Crippen LogP contribution in [0.15, 0.2) is 11.6 Å². The molecule has 0 spiro atoms. The minimum absolute atomic E-state index is 0.185. The van der Waals surface area contributed by atoms with Gasteiger partial charge < -0.3 is 4.89 Å². The zero-order valence-electron chi connectivity index (χ0n) is 5.74. The molecular formula is C7H9O2P. The summed E-state index contributed by atoms with van der Waals surface area (Å²) >= 11 is 0. The molecule has 0 aliphatic carbocycles. The Kier molecular flexibility index (Phi) is 1.72. The predicted molar refractivity (Wildman–Crippen MR) is 41.1 cm³/mol. The largest absolute Gasteiger partial charge is 0.344 e. The number of rotatable bonds is 0. The molecule has 2 atom stereocenters. The lowest BCUT2D eigenvalue weighted by atomic mass is 10.3. The van der Waals surface area contributed by atoms with Crippen LogP contribution in [0.3, 0.4) is 0 Å². The second-order valence-corrected chi connectivity index (χ2v) is 5.13. The maximum Gasteiger partial charge on any atom is 0.211 e. The molecule has 1 rings (SSSR count). The highest BCUT2D eigenvalue weighted by Crippen LogP contribution is 2.52. The molecule has 0 amide bonds. The fraction of sp³-hybridized carbons (Fsp3) is 0.429. The first-order valence-corrected chi connectivity index (χ1v) is 4.96. The molecule has 1 aliphatic rings. The number of hydrogen-bond acceptors (Lipinski definition) is 1. The van der Waals surface area contributed by atoms with Crippen molar-refractivity contribution in [1.29, 1.82) is 0 Å². The summed E-state index contributed by atoms with van der Waals surface area (Å²) in [7, 11) is -2.94. The lowest BCUT2D eigenvalue weighted by molar-refractivity contribution is 0.478. The van der Waals surface area contributed by atoms with E-state index in [9.17, 15) is 9.46 Å². The zero-order chi connectivity index (χ0) is 7.78. The van der Waals surface area contributed by atoms with E-state index < -0.39 is 7.37 Å². The van der Waals surface area contributed by atoms with Crippen LogP contribution < -0.4 is 0 Å². The number of hydrogen-bond donors (Lipinski definition) is 1. The van der Waals surface area contributed by atoms with Gasteiger partial charge in [0.25, 0.3) is 0 Å². The molecule has 0 saturated heterocycles. The molecule has 0 aromatic heterocycles. The van der Waals surface area contributed by atoms with Gasteiger partial charge in [0.15, 0.2) is 0 Å². The smallest absolute Gasteiger partial charge is 0.211 e. The molecule has 3 heteroatoms. The summed E-state index contributed by atoms with van der Waals surface area (Å²) in [5, 5.41) is 0. The van der Waals surface area contributed by atoms with Crippen molar-refractivity contribution < 1.29 is 9.46 Å². The van der Waals surface area contributed by atoms with Crippen molar-refractivity contribution in [2.45, 2.75) is 12.6 Å². The third-order valence-electron chi connectivity index (χ3n) is 1.66. The Hall–Kier alpha value is -0.510. The topological polar surface area (TPSA) is 37.3 Å². The van der Waals surface area contributed by atoms with Gasteiger partial charge in [0.05, 0.1) is 11.8 Å². The molecule has 2 nitrogen and oxygen atoms in total. The second-order valence-electron chi connectivity index (χ2n) is 2.49. The molecule has 10 heavy (non-hydrogen) atoms. The van der Waals surface area contributed by atoms with Crippen molar-refractivity contribution in [3.05, 3.63) is 11.6 Å². The quantitative estimate of drug-likeness (QED) is 0.423. The first kappa shape index (κ1) is 7.60. The van der Waals surface area contributed by atoms with Gasteiger partial charge in [-0.15, -0.1) is 6.42 Å². The Morgan fingerprint density at radius 3 is 2.80 bits per heavy atom. The average molecular weight is 156 g/mol. The molecular weight excluding hydrogens is 147 g/mol. The average Bonchev–Trinajstić information content (AvgIpc) is 2.08. The van der Waals surface area contributed by atoms with Crippen LogP contribution in [0, 0.1) is 12.3 Å². The minimum Gasteiger partial charge on any atom is -0.344 e. The van der Waals surface area contributed by atoms with E-state index in [-0.39, 0.29) is 11.8 Å². The van der Waals surface area contributed by atoms with Gasteiger partial charge in [-0.3, -0.25) is 4.57 Å². The fourth-order valence-electron chi connectivity index (χ4n) is 0.942. The van der Waals surface area contributed by atoms with Crippen molar-refractivity contribution >= 4 is 7.37 Å². The van der Waals surface area contributed by atoms with Crippen LogP contribution in [-0.4, -0.2) is 16.7 Å². The van der Waals surface area contributed by atoms with E-state index >= 15 is 0 Å². The van der Waals surface area contributed by atoms with Crippen LogP contribution in [-0.2, 0) is 4.57 Å². The van der Waals surface area contributed by atoms with Crippen LogP contribution in [0.4, 0.5) is 0 Å². The highest BCUT2D eigenvalue weighted by atomic mass is 31.2. The Morgan fingerprint density at radius 1 is 2.00 bits per heavy atom. The van der Waals surface area contributed by atoms with E-state index in [1.165, 1.54) is 0 Å². The van der Waals surface area contributed by atoms with Crippen LogP contribution >= 0.6 is 7.37 Å². The van der Waals surface area contributed by atoms with Gasteiger partial charge in [0.2, 0.25) is 7.37 Å². The normalized spacial score (nSPS) is 38.9. The SMILES string of the molecule is C#CC1=CC(C)P(=O)(O)C1. The van der Waals surface area contributed by atoms with E-state index in [2.05, 4.69) is 5.92 Å². The van der Waals surface area contributed by atoms with Gasteiger partial charge >= 0.3 is 0 Å². The molecule has 1 aliphatic heterocycles. The van der Waals surface area contributed by atoms with E-state index in [0.29, 0.717) is 5.57 Å². The maximum atomic E-state index is 11.1. The van der Waals surface area contributed by atoms with Crippen LogP contribution in [0.2, 0.25) is 0 Å².